The molecule has 0 saturated carbocycles. The quantitative estimate of drug-likeness (QED) is 0.397. The van der Waals surface area contributed by atoms with E-state index < -0.39 is 5.60 Å². The number of ether oxygens (including phenoxy) is 2. The topological polar surface area (TPSA) is 79.2 Å². The van der Waals surface area contributed by atoms with Crippen LogP contribution in [0.1, 0.15) is 69.2 Å². The van der Waals surface area contributed by atoms with Gasteiger partial charge in [0.1, 0.15) is 11.5 Å². The van der Waals surface area contributed by atoms with Crippen LogP contribution in [0.3, 0.4) is 0 Å². The molecule has 0 amide bonds. The van der Waals surface area contributed by atoms with Gasteiger partial charge in [-0.05, 0) is 74.9 Å². The number of aliphatic hydroxyl groups is 3. The molecule has 0 unspecified atom stereocenters. The van der Waals surface area contributed by atoms with E-state index in [4.69, 9.17) is 9.47 Å². The van der Waals surface area contributed by atoms with Gasteiger partial charge in [-0.15, -0.1) is 0 Å². The molecule has 0 bridgehead atoms. The molecule has 33 heavy (non-hydrogen) atoms. The Hall–Kier alpha value is -2.08. The summed E-state index contributed by atoms with van der Waals surface area (Å²) in [4.78, 5) is 0. The third-order valence-electron chi connectivity index (χ3n) is 6.62. The summed E-state index contributed by atoms with van der Waals surface area (Å²) in [5.41, 5.74) is 3.76. The average molecular weight is 459 g/mol. The van der Waals surface area contributed by atoms with Crippen molar-refractivity contribution in [2.45, 2.75) is 71.8 Å². The molecule has 2 rings (SSSR count). The summed E-state index contributed by atoms with van der Waals surface area (Å²) in [7, 11) is 0. The van der Waals surface area contributed by atoms with Crippen molar-refractivity contribution in [3.8, 4) is 11.5 Å². The molecule has 3 N–H and O–H groups in total. The molecule has 0 aromatic heterocycles. The van der Waals surface area contributed by atoms with Gasteiger partial charge in [-0.25, -0.2) is 0 Å². The van der Waals surface area contributed by atoms with E-state index in [-0.39, 0.29) is 31.2 Å². The minimum Gasteiger partial charge on any atom is -0.493 e. The minimum absolute atomic E-state index is 0.0980. The Balaban J connectivity index is 2.28. The van der Waals surface area contributed by atoms with E-state index in [0.717, 1.165) is 35.5 Å². The number of rotatable bonds is 13. The van der Waals surface area contributed by atoms with Gasteiger partial charge in [0.25, 0.3) is 0 Å². The molecule has 0 heterocycles. The molecular weight excluding hydrogens is 416 g/mol. The molecule has 0 saturated heterocycles. The number of hydrogen-bond donors (Lipinski definition) is 3. The standard InChI is InChI=1S/C28H42O5/c1-7-28(8-2,23-9-11-25(20(3)15-23)32-14-13-27(5,6)31)24-10-12-26(21(4)16-24)33-19-22(17-29)18-30/h9-12,15-16,22,29-31H,7-8,13-14,17-19H2,1-6H3. The summed E-state index contributed by atoms with van der Waals surface area (Å²) in [5.74, 6) is 1.35. The zero-order valence-electron chi connectivity index (χ0n) is 21.1. The third kappa shape index (κ3) is 6.95. The Morgan fingerprint density at radius 1 is 0.818 bits per heavy atom. The second-order valence-electron chi connectivity index (χ2n) is 9.70. The lowest BCUT2D eigenvalue weighted by atomic mass is 9.70. The van der Waals surface area contributed by atoms with Crippen molar-refractivity contribution in [3.63, 3.8) is 0 Å². The summed E-state index contributed by atoms with van der Waals surface area (Å²) in [6, 6.07) is 12.7. The minimum atomic E-state index is -0.738. The predicted molar refractivity (Wildman–Crippen MR) is 133 cm³/mol. The van der Waals surface area contributed by atoms with Crippen molar-refractivity contribution >= 4 is 0 Å². The monoisotopic (exact) mass is 458 g/mol. The number of hydrogen-bond acceptors (Lipinski definition) is 5. The molecule has 0 aliphatic heterocycles. The first-order valence-corrected chi connectivity index (χ1v) is 12.0. The Morgan fingerprint density at radius 3 is 1.70 bits per heavy atom. The normalized spacial score (nSPS) is 12.3. The Morgan fingerprint density at radius 2 is 1.30 bits per heavy atom. The number of benzene rings is 2. The Bertz CT molecular complexity index is 876. The van der Waals surface area contributed by atoms with Crippen LogP contribution in [0.5, 0.6) is 11.5 Å². The van der Waals surface area contributed by atoms with Gasteiger partial charge in [0.05, 0.1) is 32.0 Å². The van der Waals surface area contributed by atoms with Gasteiger partial charge in [-0.3, -0.25) is 0 Å². The zero-order chi connectivity index (χ0) is 24.6. The van der Waals surface area contributed by atoms with Crippen LogP contribution in [0, 0.1) is 19.8 Å². The van der Waals surface area contributed by atoms with Crippen molar-refractivity contribution < 1.29 is 24.8 Å². The first-order chi connectivity index (χ1) is 15.6. The fourth-order valence-electron chi connectivity index (χ4n) is 4.23. The number of aryl methyl sites for hydroxylation is 2. The molecule has 0 atom stereocenters. The predicted octanol–water partition coefficient (Wildman–Crippen LogP) is 4.93. The summed E-state index contributed by atoms with van der Waals surface area (Å²) in [6.07, 6.45) is 2.49. The molecule has 2 aromatic rings. The van der Waals surface area contributed by atoms with Gasteiger partial charge >= 0.3 is 0 Å². The van der Waals surface area contributed by atoms with Crippen LogP contribution in [0.15, 0.2) is 36.4 Å². The van der Waals surface area contributed by atoms with Crippen molar-refractivity contribution in [2.24, 2.45) is 5.92 Å². The Kier molecular flexibility index (Phi) is 9.77. The zero-order valence-corrected chi connectivity index (χ0v) is 21.1. The highest BCUT2D eigenvalue weighted by atomic mass is 16.5. The maximum absolute atomic E-state index is 9.92. The van der Waals surface area contributed by atoms with Gasteiger partial charge in [0.15, 0.2) is 0 Å². The Labute approximate surface area is 199 Å². The maximum atomic E-state index is 9.92. The van der Waals surface area contributed by atoms with E-state index in [1.165, 1.54) is 11.1 Å². The summed E-state index contributed by atoms with van der Waals surface area (Å²) < 4.78 is 11.8. The summed E-state index contributed by atoms with van der Waals surface area (Å²) >= 11 is 0. The smallest absolute Gasteiger partial charge is 0.122 e. The molecule has 5 heteroatoms. The van der Waals surface area contributed by atoms with E-state index in [1.54, 1.807) is 13.8 Å². The van der Waals surface area contributed by atoms with Crippen molar-refractivity contribution in [1.29, 1.82) is 0 Å². The highest BCUT2D eigenvalue weighted by Gasteiger charge is 2.31. The molecule has 184 valence electrons. The first-order valence-electron chi connectivity index (χ1n) is 12.0. The van der Waals surface area contributed by atoms with E-state index >= 15 is 0 Å². The van der Waals surface area contributed by atoms with Gasteiger partial charge in [0.2, 0.25) is 0 Å². The van der Waals surface area contributed by atoms with Gasteiger partial charge < -0.3 is 24.8 Å². The van der Waals surface area contributed by atoms with Crippen molar-refractivity contribution in [1.82, 2.24) is 0 Å². The number of aliphatic hydroxyl groups excluding tert-OH is 2. The third-order valence-corrected chi connectivity index (χ3v) is 6.62. The molecule has 2 aromatic carbocycles. The molecular formula is C28H42O5. The van der Waals surface area contributed by atoms with E-state index in [9.17, 15) is 15.3 Å². The molecule has 0 spiro atoms. The van der Waals surface area contributed by atoms with E-state index in [2.05, 4.69) is 45.0 Å². The molecule has 0 fully saturated rings. The molecule has 5 nitrogen and oxygen atoms in total. The largest absolute Gasteiger partial charge is 0.493 e. The molecule has 0 aliphatic rings. The van der Waals surface area contributed by atoms with Gasteiger partial charge in [-0.1, -0.05) is 38.1 Å². The highest BCUT2D eigenvalue weighted by Crippen LogP contribution is 2.41. The summed E-state index contributed by atoms with van der Waals surface area (Å²) in [6.45, 7) is 12.7. The SMILES string of the molecule is CCC(CC)(c1ccc(OCCC(C)(C)O)c(C)c1)c1ccc(OCC(CO)CO)c(C)c1. The lowest BCUT2D eigenvalue weighted by Gasteiger charge is -2.34. The molecule has 0 aliphatic carbocycles. The van der Waals surface area contributed by atoms with E-state index in [1.807, 2.05) is 19.1 Å². The summed E-state index contributed by atoms with van der Waals surface area (Å²) in [5, 5.41) is 28.5. The fraction of sp³-hybridized carbons (Fsp3) is 0.571. The van der Waals surface area contributed by atoms with Crippen LogP contribution in [0.4, 0.5) is 0 Å². The van der Waals surface area contributed by atoms with Gasteiger partial charge in [-0.2, -0.15) is 0 Å². The lowest BCUT2D eigenvalue weighted by molar-refractivity contribution is 0.0552. The van der Waals surface area contributed by atoms with E-state index in [0.29, 0.717) is 13.0 Å². The fourth-order valence-corrected chi connectivity index (χ4v) is 4.23. The van der Waals surface area contributed by atoms with Crippen LogP contribution in [0.2, 0.25) is 0 Å². The van der Waals surface area contributed by atoms with Crippen LogP contribution >= 0.6 is 0 Å². The van der Waals surface area contributed by atoms with Crippen molar-refractivity contribution in [3.05, 3.63) is 58.7 Å². The second kappa shape index (κ2) is 11.9. The molecule has 0 radical (unpaired) electrons. The van der Waals surface area contributed by atoms with Crippen LogP contribution in [0.25, 0.3) is 0 Å². The van der Waals surface area contributed by atoms with Crippen LogP contribution in [-0.4, -0.2) is 47.3 Å². The van der Waals surface area contributed by atoms with Gasteiger partial charge in [0, 0.05) is 17.8 Å². The van der Waals surface area contributed by atoms with Crippen LogP contribution in [-0.2, 0) is 5.41 Å². The maximum Gasteiger partial charge on any atom is 0.122 e. The first kappa shape index (κ1) is 27.2. The average Bonchev–Trinajstić information content (AvgIpc) is 2.77. The van der Waals surface area contributed by atoms with Crippen molar-refractivity contribution in [2.75, 3.05) is 26.4 Å². The second-order valence-corrected chi connectivity index (χ2v) is 9.70. The van der Waals surface area contributed by atoms with Crippen LogP contribution < -0.4 is 9.47 Å². The highest BCUT2D eigenvalue weighted by molar-refractivity contribution is 5.48. The lowest BCUT2D eigenvalue weighted by Crippen LogP contribution is -2.26.